The monoisotopic (exact) mass is 358 g/mol. The fourth-order valence-corrected chi connectivity index (χ4v) is 3.71. The fourth-order valence-electron chi connectivity index (χ4n) is 2.95. The van der Waals surface area contributed by atoms with Gasteiger partial charge < -0.3 is 9.72 Å². The molecule has 130 valence electrons. The number of ether oxygens (including phenoxy) is 1. The molecule has 9 heteroatoms. The van der Waals surface area contributed by atoms with Gasteiger partial charge in [-0.15, -0.1) is 5.10 Å². The number of aromatic nitrogens is 6. The second-order valence-corrected chi connectivity index (χ2v) is 6.99. The van der Waals surface area contributed by atoms with Gasteiger partial charge in [0.25, 0.3) is 5.56 Å². The smallest absolute Gasteiger partial charge is 0.258 e. The first-order valence-corrected chi connectivity index (χ1v) is 9.18. The van der Waals surface area contributed by atoms with Gasteiger partial charge in [0, 0.05) is 6.61 Å². The number of hydrogen-bond donors (Lipinski definition) is 1. The lowest BCUT2D eigenvalue weighted by atomic mass is 10.1. The zero-order valence-electron chi connectivity index (χ0n) is 13.8. The van der Waals surface area contributed by atoms with E-state index in [0.29, 0.717) is 28.7 Å². The number of benzene rings is 1. The van der Waals surface area contributed by atoms with E-state index in [1.165, 1.54) is 11.8 Å². The Bertz CT molecular complexity index is 947. The third-order valence-electron chi connectivity index (χ3n) is 4.22. The van der Waals surface area contributed by atoms with Crippen LogP contribution in [0, 0.1) is 6.92 Å². The lowest BCUT2D eigenvalue weighted by molar-refractivity contribution is 0.0912. The lowest BCUT2D eigenvalue weighted by Crippen LogP contribution is -2.17. The number of para-hydroxylation sites is 1. The minimum Gasteiger partial charge on any atom is -0.376 e. The van der Waals surface area contributed by atoms with Crippen LogP contribution in [0.4, 0.5) is 0 Å². The van der Waals surface area contributed by atoms with E-state index in [9.17, 15) is 4.79 Å². The normalized spacial score (nSPS) is 17.4. The third kappa shape index (κ3) is 3.42. The van der Waals surface area contributed by atoms with E-state index in [1.54, 1.807) is 10.7 Å². The van der Waals surface area contributed by atoms with Crippen LogP contribution in [0.5, 0.6) is 0 Å². The zero-order chi connectivity index (χ0) is 17.2. The molecule has 1 atom stereocenters. The van der Waals surface area contributed by atoms with Crippen LogP contribution >= 0.6 is 11.8 Å². The Kier molecular flexibility index (Phi) is 4.50. The highest BCUT2D eigenvalue weighted by atomic mass is 32.2. The summed E-state index contributed by atoms with van der Waals surface area (Å²) in [5.74, 6) is 1.11. The summed E-state index contributed by atoms with van der Waals surface area (Å²) < 4.78 is 7.39. The van der Waals surface area contributed by atoms with Crippen molar-refractivity contribution in [3.63, 3.8) is 0 Å². The second-order valence-electron chi connectivity index (χ2n) is 6.05. The highest BCUT2D eigenvalue weighted by molar-refractivity contribution is 7.98. The zero-order valence-corrected chi connectivity index (χ0v) is 14.6. The number of aryl methyl sites for hydroxylation is 1. The number of nitrogens with one attached hydrogen (secondary N) is 1. The maximum absolute atomic E-state index is 12.2. The lowest BCUT2D eigenvalue weighted by Gasteiger charge is -2.10. The van der Waals surface area contributed by atoms with Gasteiger partial charge in [-0.2, -0.15) is 0 Å². The summed E-state index contributed by atoms with van der Waals surface area (Å²) in [6.45, 7) is 3.40. The van der Waals surface area contributed by atoms with Crippen LogP contribution in [0.2, 0.25) is 0 Å². The number of nitrogens with zero attached hydrogens (tertiary/aromatic N) is 5. The number of tetrazole rings is 1. The molecular formula is C16H18N6O2S. The van der Waals surface area contributed by atoms with Crippen molar-refractivity contribution in [3.8, 4) is 0 Å². The van der Waals surface area contributed by atoms with E-state index < -0.39 is 0 Å². The Morgan fingerprint density at radius 1 is 1.44 bits per heavy atom. The second kappa shape index (κ2) is 6.93. The molecule has 0 aliphatic carbocycles. The summed E-state index contributed by atoms with van der Waals surface area (Å²) in [7, 11) is 0. The molecule has 3 heterocycles. The molecule has 0 radical (unpaired) electrons. The van der Waals surface area contributed by atoms with Crippen molar-refractivity contribution in [2.75, 3.05) is 6.61 Å². The average Bonchev–Trinajstić information content (AvgIpc) is 3.26. The highest BCUT2D eigenvalue weighted by Gasteiger charge is 2.19. The van der Waals surface area contributed by atoms with E-state index in [4.69, 9.17) is 4.74 Å². The molecule has 1 aliphatic heterocycles. The van der Waals surface area contributed by atoms with Crippen LogP contribution in [-0.4, -0.2) is 42.9 Å². The fraction of sp³-hybridized carbons (Fsp3) is 0.438. The number of rotatable bonds is 5. The Hall–Kier alpha value is -2.26. The van der Waals surface area contributed by atoms with Crippen molar-refractivity contribution in [1.29, 1.82) is 0 Å². The summed E-state index contributed by atoms with van der Waals surface area (Å²) in [5.41, 5.74) is 1.60. The van der Waals surface area contributed by atoms with Crippen LogP contribution in [0.25, 0.3) is 10.9 Å². The molecule has 1 fully saturated rings. The van der Waals surface area contributed by atoms with E-state index in [-0.39, 0.29) is 11.7 Å². The first-order valence-electron chi connectivity index (χ1n) is 8.20. The van der Waals surface area contributed by atoms with Gasteiger partial charge in [-0.25, -0.2) is 9.67 Å². The third-order valence-corrected chi connectivity index (χ3v) is 5.19. The minimum absolute atomic E-state index is 0.122. The molecule has 25 heavy (non-hydrogen) atoms. The van der Waals surface area contributed by atoms with Crippen LogP contribution in [0.3, 0.4) is 0 Å². The Morgan fingerprint density at radius 3 is 3.20 bits per heavy atom. The van der Waals surface area contributed by atoms with Crippen molar-refractivity contribution in [2.24, 2.45) is 0 Å². The molecule has 0 amide bonds. The minimum atomic E-state index is -0.122. The number of hydrogen-bond acceptors (Lipinski definition) is 7. The Balaban J connectivity index is 1.52. The summed E-state index contributed by atoms with van der Waals surface area (Å²) >= 11 is 1.45. The number of aromatic amines is 1. The summed E-state index contributed by atoms with van der Waals surface area (Å²) in [6.07, 6.45) is 2.28. The predicted molar refractivity (Wildman–Crippen MR) is 93.5 cm³/mol. The predicted octanol–water partition coefficient (Wildman–Crippen LogP) is 1.69. The standard InChI is InChI=1S/C16H18N6O2S/c1-10-4-2-6-12-14(10)17-13(18-15(12)23)9-25-16-19-20-21-22(16)8-11-5-3-7-24-11/h2,4,6,11H,3,5,7-9H2,1H3,(H,17,18,23)/t11-/m1/s1. The van der Waals surface area contributed by atoms with Crippen LogP contribution in [0.1, 0.15) is 24.2 Å². The van der Waals surface area contributed by atoms with Gasteiger partial charge >= 0.3 is 0 Å². The molecule has 2 aromatic heterocycles. The molecule has 0 bridgehead atoms. The van der Waals surface area contributed by atoms with Crippen molar-refractivity contribution in [3.05, 3.63) is 39.9 Å². The van der Waals surface area contributed by atoms with E-state index in [2.05, 4.69) is 25.5 Å². The molecule has 8 nitrogen and oxygen atoms in total. The van der Waals surface area contributed by atoms with Crippen LogP contribution in [-0.2, 0) is 17.0 Å². The van der Waals surface area contributed by atoms with Gasteiger partial charge in [-0.3, -0.25) is 4.79 Å². The Morgan fingerprint density at radius 2 is 2.36 bits per heavy atom. The summed E-state index contributed by atoms with van der Waals surface area (Å²) in [6, 6.07) is 5.60. The molecule has 3 aromatic rings. The maximum Gasteiger partial charge on any atom is 0.258 e. The SMILES string of the molecule is Cc1cccc2c(=O)[nH]c(CSc3nnnn3C[C@H]3CCCO3)nc12. The average molecular weight is 358 g/mol. The van der Waals surface area contributed by atoms with Crippen LogP contribution in [0.15, 0.2) is 28.2 Å². The summed E-state index contributed by atoms with van der Waals surface area (Å²) in [5, 5.41) is 13.2. The van der Waals surface area contributed by atoms with Crippen molar-refractivity contribution >= 4 is 22.7 Å². The van der Waals surface area contributed by atoms with E-state index in [1.807, 2.05) is 19.1 Å². The number of H-pyrrole nitrogens is 1. The molecule has 1 aromatic carbocycles. The number of thioether (sulfide) groups is 1. The molecule has 0 spiro atoms. The molecule has 0 saturated carbocycles. The van der Waals surface area contributed by atoms with Crippen LogP contribution < -0.4 is 5.56 Å². The molecule has 0 unspecified atom stereocenters. The largest absolute Gasteiger partial charge is 0.376 e. The van der Waals surface area contributed by atoms with Gasteiger partial charge in [0.1, 0.15) is 5.82 Å². The van der Waals surface area contributed by atoms with Crippen molar-refractivity contribution in [1.82, 2.24) is 30.2 Å². The molecular weight excluding hydrogens is 340 g/mol. The quantitative estimate of drug-likeness (QED) is 0.693. The Labute approximate surface area is 148 Å². The van der Waals surface area contributed by atoms with Gasteiger partial charge in [0.05, 0.1) is 29.3 Å². The molecule has 1 aliphatic rings. The molecule has 1 N–H and O–H groups in total. The van der Waals surface area contributed by atoms with Crippen molar-refractivity contribution < 1.29 is 4.74 Å². The maximum atomic E-state index is 12.2. The first kappa shape index (κ1) is 16.2. The molecule has 1 saturated heterocycles. The van der Waals surface area contributed by atoms with Crippen molar-refractivity contribution in [2.45, 2.75) is 43.3 Å². The van der Waals surface area contributed by atoms with Gasteiger partial charge in [-0.1, -0.05) is 23.9 Å². The summed E-state index contributed by atoms with van der Waals surface area (Å²) in [4.78, 5) is 19.7. The van der Waals surface area contributed by atoms with Gasteiger partial charge in [-0.05, 0) is 41.8 Å². The first-order chi connectivity index (χ1) is 12.2. The van der Waals surface area contributed by atoms with E-state index in [0.717, 1.165) is 30.5 Å². The highest BCUT2D eigenvalue weighted by Crippen LogP contribution is 2.21. The van der Waals surface area contributed by atoms with Gasteiger partial charge in [0.15, 0.2) is 0 Å². The molecule has 4 rings (SSSR count). The van der Waals surface area contributed by atoms with Gasteiger partial charge in [0.2, 0.25) is 5.16 Å². The van der Waals surface area contributed by atoms with E-state index >= 15 is 0 Å². The topological polar surface area (TPSA) is 98.6 Å². The number of fused-ring (bicyclic) bond motifs is 1.